The number of rotatable bonds is 5. The van der Waals surface area contributed by atoms with Crippen molar-refractivity contribution in [3.8, 4) is 11.5 Å². The average molecular weight is 354 g/mol. The highest BCUT2D eigenvalue weighted by Gasteiger charge is 1.98. The maximum Gasteiger partial charge on any atom is 0.123 e. The molecule has 0 aromatic heterocycles. The van der Waals surface area contributed by atoms with Gasteiger partial charge in [-0.2, -0.15) is 0 Å². The average Bonchev–Trinajstić information content (AvgIpc) is 2.39. The van der Waals surface area contributed by atoms with Crippen LogP contribution in [-0.2, 0) is 6.61 Å². The van der Waals surface area contributed by atoms with Crippen molar-refractivity contribution >= 4 is 22.6 Å². The lowest BCUT2D eigenvalue weighted by molar-refractivity contribution is 0.299. The minimum Gasteiger partial charge on any atom is -0.494 e. The highest BCUT2D eigenvalue weighted by Crippen LogP contribution is 2.20. The lowest BCUT2D eigenvalue weighted by Crippen LogP contribution is -1.96. The molecule has 0 amide bonds. The van der Waals surface area contributed by atoms with Crippen LogP contribution >= 0.6 is 22.6 Å². The van der Waals surface area contributed by atoms with Crippen molar-refractivity contribution in [2.75, 3.05) is 6.61 Å². The molecule has 0 heterocycles. The molecule has 0 aliphatic rings. The zero-order chi connectivity index (χ0) is 12.8. The Morgan fingerprint density at radius 2 is 1.61 bits per heavy atom. The van der Waals surface area contributed by atoms with Crippen molar-refractivity contribution < 1.29 is 9.47 Å². The normalized spacial score (nSPS) is 10.1. The van der Waals surface area contributed by atoms with Gasteiger partial charge in [0.25, 0.3) is 0 Å². The number of hydrogen-bond acceptors (Lipinski definition) is 2. The molecule has 2 aromatic rings. The van der Waals surface area contributed by atoms with Gasteiger partial charge in [0.1, 0.15) is 18.1 Å². The van der Waals surface area contributed by atoms with Crippen LogP contribution in [0.4, 0.5) is 0 Å². The molecular formula is C15H15IO2. The van der Waals surface area contributed by atoms with Gasteiger partial charge in [-0.05, 0) is 59.3 Å². The van der Waals surface area contributed by atoms with E-state index in [-0.39, 0.29) is 0 Å². The Morgan fingerprint density at radius 3 is 2.28 bits per heavy atom. The first-order chi connectivity index (χ1) is 8.78. The minimum atomic E-state index is 0.576. The molecule has 2 nitrogen and oxygen atoms in total. The monoisotopic (exact) mass is 354 g/mol. The number of halogens is 1. The smallest absolute Gasteiger partial charge is 0.123 e. The third kappa shape index (κ3) is 3.91. The molecule has 0 saturated carbocycles. The van der Waals surface area contributed by atoms with E-state index < -0.39 is 0 Å². The van der Waals surface area contributed by atoms with Gasteiger partial charge in [-0.1, -0.05) is 18.2 Å². The topological polar surface area (TPSA) is 18.5 Å². The molecule has 0 fully saturated rings. The molecule has 0 aliphatic heterocycles. The van der Waals surface area contributed by atoms with Gasteiger partial charge >= 0.3 is 0 Å². The Bertz CT molecular complexity index is 494. The summed E-state index contributed by atoms with van der Waals surface area (Å²) in [6.07, 6.45) is 0. The van der Waals surface area contributed by atoms with Crippen LogP contribution < -0.4 is 9.47 Å². The molecule has 0 bridgehead atoms. The third-order valence-corrected chi connectivity index (χ3v) is 3.15. The van der Waals surface area contributed by atoms with E-state index >= 15 is 0 Å². The van der Waals surface area contributed by atoms with Crippen molar-refractivity contribution in [2.24, 2.45) is 0 Å². The Morgan fingerprint density at radius 1 is 0.944 bits per heavy atom. The molecule has 0 atom stereocenters. The van der Waals surface area contributed by atoms with E-state index in [4.69, 9.17) is 9.47 Å². The van der Waals surface area contributed by atoms with Gasteiger partial charge < -0.3 is 9.47 Å². The summed E-state index contributed by atoms with van der Waals surface area (Å²) in [5, 5.41) is 0. The maximum absolute atomic E-state index is 5.74. The molecule has 2 rings (SSSR count). The van der Waals surface area contributed by atoms with Gasteiger partial charge in [0.05, 0.1) is 6.61 Å². The summed E-state index contributed by atoms with van der Waals surface area (Å²) in [4.78, 5) is 0. The van der Waals surface area contributed by atoms with E-state index in [0.717, 1.165) is 17.1 Å². The molecule has 18 heavy (non-hydrogen) atoms. The minimum absolute atomic E-state index is 0.576. The van der Waals surface area contributed by atoms with Crippen molar-refractivity contribution in [3.63, 3.8) is 0 Å². The highest BCUT2D eigenvalue weighted by atomic mass is 127. The predicted octanol–water partition coefficient (Wildman–Crippen LogP) is 4.27. The first-order valence-corrected chi connectivity index (χ1v) is 6.96. The number of benzene rings is 2. The van der Waals surface area contributed by atoms with E-state index in [0.29, 0.717) is 13.2 Å². The van der Waals surface area contributed by atoms with Gasteiger partial charge in [-0.3, -0.25) is 0 Å². The molecular weight excluding hydrogens is 339 g/mol. The Labute approximate surface area is 121 Å². The van der Waals surface area contributed by atoms with Crippen molar-refractivity contribution in [1.82, 2.24) is 0 Å². The van der Waals surface area contributed by atoms with Gasteiger partial charge in [-0.15, -0.1) is 0 Å². The van der Waals surface area contributed by atoms with Crippen LogP contribution in [0, 0.1) is 3.57 Å². The fourth-order valence-corrected chi connectivity index (χ4v) is 1.93. The van der Waals surface area contributed by atoms with Gasteiger partial charge in [-0.25, -0.2) is 0 Å². The Balaban J connectivity index is 1.97. The summed E-state index contributed by atoms with van der Waals surface area (Å²) >= 11 is 2.29. The summed E-state index contributed by atoms with van der Waals surface area (Å²) in [6.45, 7) is 3.21. The first kappa shape index (κ1) is 13.2. The zero-order valence-corrected chi connectivity index (χ0v) is 12.4. The SMILES string of the molecule is CCOc1cccc(OCc2ccc(I)cc2)c1. The molecule has 0 aliphatic carbocycles. The summed E-state index contributed by atoms with van der Waals surface area (Å²) < 4.78 is 12.4. The van der Waals surface area contributed by atoms with Gasteiger partial charge in [0.15, 0.2) is 0 Å². The van der Waals surface area contributed by atoms with Gasteiger partial charge in [0.2, 0.25) is 0 Å². The van der Waals surface area contributed by atoms with Crippen molar-refractivity contribution in [2.45, 2.75) is 13.5 Å². The van der Waals surface area contributed by atoms with Gasteiger partial charge in [0, 0.05) is 9.64 Å². The van der Waals surface area contributed by atoms with Crippen LogP contribution in [0.2, 0.25) is 0 Å². The van der Waals surface area contributed by atoms with Crippen LogP contribution in [0.1, 0.15) is 12.5 Å². The fourth-order valence-electron chi connectivity index (χ4n) is 1.57. The zero-order valence-electron chi connectivity index (χ0n) is 10.2. The number of hydrogen-bond donors (Lipinski definition) is 0. The summed E-state index contributed by atoms with van der Waals surface area (Å²) in [5.74, 6) is 1.68. The van der Waals surface area contributed by atoms with E-state index in [1.165, 1.54) is 3.57 Å². The van der Waals surface area contributed by atoms with Crippen molar-refractivity contribution in [1.29, 1.82) is 0 Å². The second-order valence-electron chi connectivity index (χ2n) is 3.82. The second kappa shape index (κ2) is 6.64. The van der Waals surface area contributed by atoms with E-state index in [1.807, 2.05) is 31.2 Å². The highest BCUT2D eigenvalue weighted by molar-refractivity contribution is 14.1. The largest absolute Gasteiger partial charge is 0.494 e. The van der Waals surface area contributed by atoms with Crippen LogP contribution in [-0.4, -0.2) is 6.61 Å². The maximum atomic E-state index is 5.74. The molecule has 0 spiro atoms. The lowest BCUT2D eigenvalue weighted by atomic mass is 10.2. The quantitative estimate of drug-likeness (QED) is 0.747. The molecule has 0 unspecified atom stereocenters. The predicted molar refractivity (Wildman–Crippen MR) is 81.1 cm³/mol. The molecule has 94 valence electrons. The van der Waals surface area contributed by atoms with Crippen LogP contribution in [0.5, 0.6) is 11.5 Å². The van der Waals surface area contributed by atoms with E-state index in [2.05, 4.69) is 46.9 Å². The summed E-state index contributed by atoms with van der Waals surface area (Å²) in [6, 6.07) is 16.0. The van der Waals surface area contributed by atoms with E-state index in [1.54, 1.807) is 0 Å². The molecule has 2 aromatic carbocycles. The third-order valence-electron chi connectivity index (χ3n) is 2.44. The Hall–Kier alpha value is -1.23. The van der Waals surface area contributed by atoms with Crippen LogP contribution in [0.3, 0.4) is 0 Å². The molecule has 0 radical (unpaired) electrons. The molecule has 0 N–H and O–H groups in total. The molecule has 3 heteroatoms. The lowest BCUT2D eigenvalue weighted by Gasteiger charge is -2.08. The Kier molecular flexibility index (Phi) is 4.87. The molecule has 0 saturated heterocycles. The first-order valence-electron chi connectivity index (χ1n) is 5.88. The summed E-state index contributed by atoms with van der Waals surface area (Å²) in [7, 11) is 0. The standard InChI is InChI=1S/C15H15IO2/c1-2-17-14-4-3-5-15(10-14)18-11-12-6-8-13(16)9-7-12/h3-10H,2,11H2,1H3. The van der Waals surface area contributed by atoms with Crippen molar-refractivity contribution in [3.05, 3.63) is 57.7 Å². The second-order valence-corrected chi connectivity index (χ2v) is 5.07. The van der Waals surface area contributed by atoms with E-state index in [9.17, 15) is 0 Å². The number of ether oxygens (including phenoxy) is 2. The van der Waals surface area contributed by atoms with Crippen LogP contribution in [0.25, 0.3) is 0 Å². The summed E-state index contributed by atoms with van der Waals surface area (Å²) in [5.41, 5.74) is 1.16. The van der Waals surface area contributed by atoms with Crippen LogP contribution in [0.15, 0.2) is 48.5 Å². The fraction of sp³-hybridized carbons (Fsp3) is 0.200.